The van der Waals surface area contributed by atoms with Gasteiger partial charge in [0.15, 0.2) is 5.76 Å². The summed E-state index contributed by atoms with van der Waals surface area (Å²) < 4.78 is 20.1. The largest absolute Gasteiger partial charge is 0.366 e. The molecule has 5 heteroatoms. The Morgan fingerprint density at radius 1 is 1.15 bits per heavy atom. The Morgan fingerprint density at radius 3 is 2.74 bits per heavy atom. The predicted molar refractivity (Wildman–Crippen MR) is 104 cm³/mol. The van der Waals surface area contributed by atoms with Gasteiger partial charge in [-0.2, -0.15) is 0 Å². The van der Waals surface area contributed by atoms with Crippen molar-refractivity contribution in [2.75, 3.05) is 6.54 Å². The van der Waals surface area contributed by atoms with Gasteiger partial charge in [0.1, 0.15) is 5.82 Å². The molecule has 0 bridgehead atoms. The van der Waals surface area contributed by atoms with Crippen LogP contribution < -0.4 is 5.32 Å². The quantitative estimate of drug-likeness (QED) is 0.700. The highest BCUT2D eigenvalue weighted by atomic mass is 19.1. The smallest absolute Gasteiger partial charge is 0.156 e. The number of nitrogens with zero attached hydrogens (tertiary/aromatic N) is 2. The summed E-state index contributed by atoms with van der Waals surface area (Å²) in [4.78, 5) is 4.38. The van der Waals surface area contributed by atoms with E-state index >= 15 is 0 Å². The Morgan fingerprint density at radius 2 is 2.00 bits per heavy atom. The monoisotopic (exact) mass is 363 g/mol. The minimum atomic E-state index is -0.227. The third-order valence-electron chi connectivity index (χ3n) is 4.94. The first kappa shape index (κ1) is 17.5. The van der Waals surface area contributed by atoms with Gasteiger partial charge in [0.2, 0.25) is 0 Å². The van der Waals surface area contributed by atoms with Crippen molar-refractivity contribution in [2.24, 2.45) is 4.99 Å². The van der Waals surface area contributed by atoms with E-state index in [1.54, 1.807) is 6.07 Å². The Kier molecular flexibility index (Phi) is 5.01. The number of aromatic nitrogens is 1. The number of halogens is 1. The topological polar surface area (TPSA) is 50.4 Å². The highest BCUT2D eigenvalue weighted by Crippen LogP contribution is 2.29. The van der Waals surface area contributed by atoms with Gasteiger partial charge in [-0.05, 0) is 23.6 Å². The van der Waals surface area contributed by atoms with E-state index in [-0.39, 0.29) is 11.7 Å². The van der Waals surface area contributed by atoms with E-state index in [9.17, 15) is 4.39 Å². The van der Waals surface area contributed by atoms with Crippen LogP contribution in [0.3, 0.4) is 0 Å². The summed E-state index contributed by atoms with van der Waals surface area (Å²) in [5.74, 6) is 1.51. The summed E-state index contributed by atoms with van der Waals surface area (Å²) in [5, 5.41) is 7.45. The maximum atomic E-state index is 14.6. The first-order valence-corrected chi connectivity index (χ1v) is 9.28. The summed E-state index contributed by atoms with van der Waals surface area (Å²) in [6, 6.07) is 16.9. The molecule has 1 aliphatic rings. The van der Waals surface area contributed by atoms with Crippen LogP contribution in [0.25, 0.3) is 11.1 Å². The minimum absolute atomic E-state index is 0.0503. The van der Waals surface area contributed by atoms with Crippen molar-refractivity contribution in [3.8, 4) is 11.1 Å². The molecule has 4 nitrogen and oxygen atoms in total. The molecule has 27 heavy (non-hydrogen) atoms. The lowest BCUT2D eigenvalue weighted by Gasteiger charge is -2.11. The second-order valence-electron chi connectivity index (χ2n) is 6.83. The third-order valence-corrected chi connectivity index (χ3v) is 4.94. The van der Waals surface area contributed by atoms with Crippen LogP contribution in [0, 0.1) is 5.82 Å². The second-order valence-corrected chi connectivity index (χ2v) is 6.83. The molecule has 3 aromatic rings. The normalized spacial score (nSPS) is 14.8. The van der Waals surface area contributed by atoms with E-state index in [1.807, 2.05) is 55.5 Å². The molecule has 138 valence electrons. The number of nitrogens with one attached hydrogen (secondary N) is 1. The molecule has 0 amide bonds. The van der Waals surface area contributed by atoms with Crippen molar-refractivity contribution >= 4 is 5.84 Å². The molecule has 2 aromatic carbocycles. The summed E-state index contributed by atoms with van der Waals surface area (Å²) in [6.45, 7) is 3.47. The molecule has 0 radical (unpaired) electrons. The van der Waals surface area contributed by atoms with Gasteiger partial charge >= 0.3 is 0 Å². The fourth-order valence-electron chi connectivity index (χ4n) is 3.31. The van der Waals surface area contributed by atoms with E-state index in [0.717, 1.165) is 47.8 Å². The highest BCUT2D eigenvalue weighted by Gasteiger charge is 2.16. The summed E-state index contributed by atoms with van der Waals surface area (Å²) in [6.07, 6.45) is 2.09. The first-order valence-electron chi connectivity index (χ1n) is 9.28. The van der Waals surface area contributed by atoms with Gasteiger partial charge in [0.25, 0.3) is 0 Å². The molecule has 0 aliphatic carbocycles. The van der Waals surface area contributed by atoms with Gasteiger partial charge < -0.3 is 9.84 Å². The van der Waals surface area contributed by atoms with Crippen molar-refractivity contribution in [3.63, 3.8) is 0 Å². The van der Waals surface area contributed by atoms with Gasteiger partial charge in [0.05, 0.1) is 18.1 Å². The number of benzene rings is 2. The maximum Gasteiger partial charge on any atom is 0.156 e. The molecule has 1 aromatic heterocycles. The lowest BCUT2D eigenvalue weighted by Crippen LogP contribution is -2.20. The van der Waals surface area contributed by atoms with Crippen LogP contribution in [0.5, 0.6) is 0 Å². The molecule has 0 spiro atoms. The van der Waals surface area contributed by atoms with Crippen LogP contribution in [-0.4, -0.2) is 17.5 Å². The lowest BCUT2D eigenvalue weighted by atomic mass is 9.94. The zero-order chi connectivity index (χ0) is 18.6. The maximum absolute atomic E-state index is 14.6. The molecule has 2 heterocycles. The van der Waals surface area contributed by atoms with Crippen molar-refractivity contribution < 1.29 is 8.91 Å². The zero-order valence-electron chi connectivity index (χ0n) is 15.3. The lowest BCUT2D eigenvalue weighted by molar-refractivity contribution is 0.373. The Hall–Kier alpha value is -2.95. The Bertz CT molecular complexity index is 949. The van der Waals surface area contributed by atoms with E-state index in [2.05, 4.69) is 15.5 Å². The molecule has 0 saturated carbocycles. The van der Waals surface area contributed by atoms with Gasteiger partial charge in [-0.3, -0.25) is 4.99 Å². The van der Waals surface area contributed by atoms with E-state index in [1.165, 1.54) is 0 Å². The van der Waals surface area contributed by atoms with Gasteiger partial charge in [-0.1, -0.05) is 54.5 Å². The average molecular weight is 363 g/mol. The third kappa shape index (κ3) is 3.92. The van der Waals surface area contributed by atoms with Crippen molar-refractivity contribution in [2.45, 2.75) is 32.2 Å². The summed E-state index contributed by atoms with van der Waals surface area (Å²) >= 11 is 0. The SMILES string of the molecule is CC(c1ccc(-c2ccccc2)c(F)c1)c1cc(CNC2=NCCC2)on1. The molecule has 1 aliphatic heterocycles. The number of amidine groups is 1. The number of hydrogen-bond donors (Lipinski definition) is 1. The van der Waals surface area contributed by atoms with Crippen LogP contribution in [-0.2, 0) is 6.54 Å². The molecular formula is C22H22FN3O. The van der Waals surface area contributed by atoms with Crippen LogP contribution in [0.15, 0.2) is 64.1 Å². The molecule has 1 N–H and O–H groups in total. The Labute approximate surface area is 158 Å². The van der Waals surface area contributed by atoms with E-state index in [4.69, 9.17) is 4.52 Å². The zero-order valence-corrected chi connectivity index (χ0v) is 15.3. The molecule has 0 fully saturated rings. The fraction of sp³-hybridized carbons (Fsp3) is 0.273. The molecule has 1 atom stereocenters. The van der Waals surface area contributed by atoms with Crippen LogP contribution in [0.2, 0.25) is 0 Å². The van der Waals surface area contributed by atoms with Crippen molar-refractivity contribution in [1.29, 1.82) is 0 Å². The first-order chi connectivity index (χ1) is 13.2. The number of hydrogen-bond acceptors (Lipinski definition) is 4. The highest BCUT2D eigenvalue weighted by molar-refractivity contribution is 5.83. The predicted octanol–water partition coefficient (Wildman–Crippen LogP) is 4.91. The molecule has 0 saturated heterocycles. The Balaban J connectivity index is 1.48. The average Bonchev–Trinajstić information content (AvgIpc) is 3.38. The van der Waals surface area contributed by atoms with Crippen molar-refractivity contribution in [1.82, 2.24) is 10.5 Å². The van der Waals surface area contributed by atoms with E-state index in [0.29, 0.717) is 12.1 Å². The fourth-order valence-corrected chi connectivity index (χ4v) is 3.31. The van der Waals surface area contributed by atoms with Crippen molar-refractivity contribution in [3.05, 3.63) is 77.4 Å². The van der Waals surface area contributed by atoms with Gasteiger partial charge in [0, 0.05) is 30.5 Å². The number of aliphatic imine (C=N–C) groups is 1. The molecule has 1 unspecified atom stereocenters. The van der Waals surface area contributed by atoms with Crippen LogP contribution >= 0.6 is 0 Å². The van der Waals surface area contributed by atoms with Crippen LogP contribution in [0.4, 0.5) is 4.39 Å². The summed E-state index contributed by atoms with van der Waals surface area (Å²) in [5.41, 5.74) is 3.15. The summed E-state index contributed by atoms with van der Waals surface area (Å²) in [7, 11) is 0. The second kappa shape index (κ2) is 7.74. The number of rotatable bonds is 5. The molecular weight excluding hydrogens is 341 g/mol. The van der Waals surface area contributed by atoms with E-state index < -0.39 is 0 Å². The van der Waals surface area contributed by atoms with Gasteiger partial charge in [-0.25, -0.2) is 4.39 Å². The standard InChI is InChI=1S/C22H22FN3O/c1-15(21-13-18(27-26-21)14-25-22-8-5-11-24-22)17-9-10-19(20(23)12-17)16-6-3-2-4-7-16/h2-4,6-7,9-10,12-13,15H,5,8,11,14H2,1H3,(H,24,25). The molecule has 4 rings (SSSR count). The van der Waals surface area contributed by atoms with Crippen LogP contribution in [0.1, 0.15) is 42.7 Å². The van der Waals surface area contributed by atoms with Gasteiger partial charge in [-0.15, -0.1) is 0 Å². The minimum Gasteiger partial charge on any atom is -0.366 e.